The number of ether oxygens (including phenoxy) is 1. The number of sulfonamides is 1. The van der Waals surface area contributed by atoms with Gasteiger partial charge in [0, 0.05) is 18.7 Å². The molecule has 0 aliphatic rings. The van der Waals surface area contributed by atoms with Gasteiger partial charge in [0.05, 0.1) is 19.1 Å². The number of amides is 1. The van der Waals surface area contributed by atoms with Gasteiger partial charge in [-0.15, -0.1) is 0 Å². The molecule has 0 unspecified atom stereocenters. The maximum absolute atomic E-state index is 13.0. The van der Waals surface area contributed by atoms with Crippen LogP contribution in [0.1, 0.15) is 19.4 Å². The van der Waals surface area contributed by atoms with E-state index in [1.165, 1.54) is 7.11 Å². The van der Waals surface area contributed by atoms with Crippen molar-refractivity contribution in [3.63, 3.8) is 0 Å². The first-order valence-electron chi connectivity index (χ1n) is 8.67. The normalized spacial score (nSPS) is 11.3. The predicted octanol–water partition coefficient (Wildman–Crippen LogP) is 2.90. The molecule has 0 bridgehead atoms. The van der Waals surface area contributed by atoms with Crippen LogP contribution in [-0.4, -0.2) is 45.2 Å². The van der Waals surface area contributed by atoms with Gasteiger partial charge in [0.2, 0.25) is 15.9 Å². The Kier molecular flexibility index (Phi) is 6.85. The molecule has 0 aliphatic heterocycles. The Morgan fingerprint density at radius 3 is 2.30 bits per heavy atom. The van der Waals surface area contributed by atoms with Crippen LogP contribution in [0.3, 0.4) is 0 Å². The van der Waals surface area contributed by atoms with E-state index in [4.69, 9.17) is 4.74 Å². The monoisotopic (exact) mass is 390 g/mol. The predicted molar refractivity (Wildman–Crippen MR) is 107 cm³/mol. The van der Waals surface area contributed by atoms with Crippen molar-refractivity contribution in [1.29, 1.82) is 0 Å². The zero-order valence-corrected chi connectivity index (χ0v) is 16.9. The molecule has 0 fully saturated rings. The average Bonchev–Trinajstić information content (AvgIpc) is 2.63. The first-order chi connectivity index (χ1) is 12.7. The summed E-state index contributed by atoms with van der Waals surface area (Å²) in [7, 11) is -2.13. The summed E-state index contributed by atoms with van der Waals surface area (Å²) in [5.74, 6) is 0.265. The van der Waals surface area contributed by atoms with Crippen molar-refractivity contribution in [3.8, 4) is 5.75 Å². The number of carbonyl (C=O) groups excluding carboxylic acids is 1. The van der Waals surface area contributed by atoms with Crippen LogP contribution in [-0.2, 0) is 21.4 Å². The van der Waals surface area contributed by atoms with E-state index in [2.05, 4.69) is 0 Å². The molecule has 7 heteroatoms. The van der Waals surface area contributed by atoms with E-state index in [0.717, 1.165) is 16.1 Å². The third-order valence-electron chi connectivity index (χ3n) is 4.16. The second-order valence-corrected chi connectivity index (χ2v) is 8.48. The molecule has 1 amide bonds. The van der Waals surface area contributed by atoms with Gasteiger partial charge in [-0.2, -0.15) is 0 Å². The Labute approximate surface area is 161 Å². The van der Waals surface area contributed by atoms with Gasteiger partial charge in [0.25, 0.3) is 0 Å². The zero-order chi connectivity index (χ0) is 20.0. The van der Waals surface area contributed by atoms with Crippen LogP contribution in [0.15, 0.2) is 54.6 Å². The molecule has 0 saturated heterocycles. The van der Waals surface area contributed by atoms with Crippen molar-refractivity contribution in [3.05, 3.63) is 60.2 Å². The SMILES string of the molecule is COc1cccc(N(CC(=O)N(Cc2ccccc2)C(C)C)S(C)(=O)=O)c1. The van der Waals surface area contributed by atoms with Crippen molar-refractivity contribution < 1.29 is 17.9 Å². The second kappa shape index (κ2) is 8.90. The van der Waals surface area contributed by atoms with Crippen LogP contribution in [0.2, 0.25) is 0 Å². The molecule has 6 nitrogen and oxygen atoms in total. The fourth-order valence-electron chi connectivity index (χ4n) is 2.72. The Hall–Kier alpha value is -2.54. The van der Waals surface area contributed by atoms with Gasteiger partial charge >= 0.3 is 0 Å². The van der Waals surface area contributed by atoms with Crippen molar-refractivity contribution in [2.75, 3.05) is 24.2 Å². The maximum atomic E-state index is 13.0. The van der Waals surface area contributed by atoms with E-state index in [0.29, 0.717) is 18.0 Å². The number of hydrogen-bond donors (Lipinski definition) is 0. The highest BCUT2D eigenvalue weighted by Crippen LogP contribution is 2.23. The van der Waals surface area contributed by atoms with E-state index in [9.17, 15) is 13.2 Å². The van der Waals surface area contributed by atoms with E-state index < -0.39 is 10.0 Å². The quantitative estimate of drug-likeness (QED) is 0.695. The first kappa shape index (κ1) is 20.8. The molecule has 0 atom stereocenters. The lowest BCUT2D eigenvalue weighted by molar-refractivity contribution is -0.131. The molecule has 2 rings (SSSR count). The van der Waals surface area contributed by atoms with Crippen LogP contribution >= 0.6 is 0 Å². The minimum Gasteiger partial charge on any atom is -0.497 e. The van der Waals surface area contributed by atoms with E-state index in [-0.39, 0.29) is 18.5 Å². The highest BCUT2D eigenvalue weighted by molar-refractivity contribution is 7.92. The molecule has 0 aliphatic carbocycles. The molecule has 146 valence electrons. The number of rotatable bonds is 8. The zero-order valence-electron chi connectivity index (χ0n) is 16.1. The molecule has 0 spiro atoms. The molecule has 0 N–H and O–H groups in total. The molecular weight excluding hydrogens is 364 g/mol. The van der Waals surface area contributed by atoms with Gasteiger partial charge < -0.3 is 9.64 Å². The van der Waals surface area contributed by atoms with Gasteiger partial charge in [-0.05, 0) is 31.5 Å². The Morgan fingerprint density at radius 2 is 1.74 bits per heavy atom. The number of carbonyl (C=O) groups is 1. The van der Waals surface area contributed by atoms with Gasteiger partial charge in [-0.3, -0.25) is 9.10 Å². The largest absolute Gasteiger partial charge is 0.497 e. The lowest BCUT2D eigenvalue weighted by Crippen LogP contribution is -2.45. The summed E-state index contributed by atoms with van der Waals surface area (Å²) in [6.45, 7) is 3.98. The fraction of sp³-hybridized carbons (Fsp3) is 0.350. The van der Waals surface area contributed by atoms with E-state index in [1.54, 1.807) is 29.2 Å². The number of benzene rings is 2. The number of methoxy groups -OCH3 is 1. The topological polar surface area (TPSA) is 66.9 Å². The Balaban J connectivity index is 2.28. The lowest BCUT2D eigenvalue weighted by Gasteiger charge is -2.30. The number of nitrogens with zero attached hydrogens (tertiary/aromatic N) is 2. The molecule has 0 heterocycles. The Bertz CT molecular complexity index is 867. The molecule has 0 aromatic heterocycles. The molecule has 0 saturated carbocycles. The van der Waals surface area contributed by atoms with E-state index in [1.807, 2.05) is 44.2 Å². The first-order valence-corrected chi connectivity index (χ1v) is 10.5. The third kappa shape index (κ3) is 5.72. The summed E-state index contributed by atoms with van der Waals surface area (Å²) in [6.07, 6.45) is 1.09. The third-order valence-corrected chi connectivity index (χ3v) is 5.30. The van der Waals surface area contributed by atoms with Crippen LogP contribution in [0.4, 0.5) is 5.69 Å². The molecule has 27 heavy (non-hydrogen) atoms. The van der Waals surface area contributed by atoms with Gasteiger partial charge in [-0.25, -0.2) is 8.42 Å². The number of hydrogen-bond acceptors (Lipinski definition) is 4. The minimum atomic E-state index is -3.64. The highest BCUT2D eigenvalue weighted by atomic mass is 32.2. The lowest BCUT2D eigenvalue weighted by atomic mass is 10.2. The van der Waals surface area contributed by atoms with Crippen molar-refractivity contribution in [2.24, 2.45) is 0 Å². The number of anilines is 1. The van der Waals surface area contributed by atoms with Crippen molar-refractivity contribution in [1.82, 2.24) is 4.90 Å². The van der Waals surface area contributed by atoms with Crippen molar-refractivity contribution >= 4 is 21.6 Å². The summed E-state index contributed by atoms with van der Waals surface area (Å²) in [4.78, 5) is 14.6. The average molecular weight is 391 g/mol. The van der Waals surface area contributed by atoms with Gasteiger partial charge in [0.1, 0.15) is 12.3 Å². The summed E-state index contributed by atoms with van der Waals surface area (Å²) in [5, 5.41) is 0. The molecule has 2 aromatic rings. The highest BCUT2D eigenvalue weighted by Gasteiger charge is 2.25. The van der Waals surface area contributed by atoms with Gasteiger partial charge in [0.15, 0.2) is 0 Å². The summed E-state index contributed by atoms with van der Waals surface area (Å²) in [5.41, 5.74) is 1.39. The summed E-state index contributed by atoms with van der Waals surface area (Å²) >= 11 is 0. The van der Waals surface area contributed by atoms with E-state index >= 15 is 0 Å². The molecule has 2 aromatic carbocycles. The maximum Gasteiger partial charge on any atom is 0.243 e. The minimum absolute atomic E-state index is 0.0653. The standard InChI is InChI=1S/C20H26N2O4S/c1-16(2)21(14-17-9-6-5-7-10-17)20(23)15-22(27(4,24)25)18-11-8-12-19(13-18)26-3/h5-13,16H,14-15H2,1-4H3. The molecular formula is C20H26N2O4S. The van der Waals surface area contributed by atoms with Crippen molar-refractivity contribution in [2.45, 2.75) is 26.4 Å². The van der Waals surface area contributed by atoms with Gasteiger partial charge in [-0.1, -0.05) is 36.4 Å². The summed E-state index contributed by atoms with van der Waals surface area (Å²) in [6, 6.07) is 16.2. The van der Waals surface area contributed by atoms with Crippen LogP contribution in [0.25, 0.3) is 0 Å². The summed E-state index contributed by atoms with van der Waals surface area (Å²) < 4.78 is 30.9. The van der Waals surface area contributed by atoms with Crippen LogP contribution < -0.4 is 9.04 Å². The van der Waals surface area contributed by atoms with Crippen LogP contribution in [0, 0.1) is 0 Å². The van der Waals surface area contributed by atoms with Crippen LogP contribution in [0.5, 0.6) is 5.75 Å². The second-order valence-electron chi connectivity index (χ2n) is 6.57. The fourth-order valence-corrected chi connectivity index (χ4v) is 3.56. The Morgan fingerprint density at radius 1 is 1.07 bits per heavy atom. The smallest absolute Gasteiger partial charge is 0.243 e. The molecule has 0 radical (unpaired) electrons.